The van der Waals surface area contributed by atoms with Crippen LogP contribution in [-0.4, -0.2) is 42.6 Å². The van der Waals surface area contributed by atoms with Crippen molar-refractivity contribution in [3.8, 4) is 17.2 Å². The third kappa shape index (κ3) is 3.25. The number of rotatable bonds is 4. The van der Waals surface area contributed by atoms with Crippen LogP contribution in [0.4, 0.5) is 0 Å². The van der Waals surface area contributed by atoms with Gasteiger partial charge in [-0.2, -0.15) is 10.2 Å². The summed E-state index contributed by atoms with van der Waals surface area (Å²) in [6.45, 7) is 0.894. The molecule has 0 radical (unpaired) electrons. The van der Waals surface area contributed by atoms with E-state index in [1.807, 2.05) is 0 Å². The third-order valence-electron chi connectivity index (χ3n) is 4.14. The van der Waals surface area contributed by atoms with Gasteiger partial charge in [0, 0.05) is 10.9 Å². The van der Waals surface area contributed by atoms with E-state index in [1.54, 1.807) is 36.4 Å². The number of fused-ring (bicyclic) bond motifs is 2. The fraction of sp³-hybridized carbons (Fsp3) is 0.158. The number of nitrogens with zero attached hydrogens (tertiary/aromatic N) is 2. The Balaban J connectivity index is 1.57. The van der Waals surface area contributed by atoms with Gasteiger partial charge in [0.1, 0.15) is 13.2 Å². The highest BCUT2D eigenvalue weighted by Crippen LogP contribution is 2.39. The predicted molar refractivity (Wildman–Crippen MR) is 101 cm³/mol. The Kier molecular flexibility index (Phi) is 4.63. The molecule has 0 fully saturated rings. The SMILES string of the molecule is COc1cc(/C=N\NC(=O)c2n[nH]c(=O)c3ccccc23)cc2c1OCCO2. The Morgan fingerprint density at radius 1 is 1.25 bits per heavy atom. The summed E-state index contributed by atoms with van der Waals surface area (Å²) in [5, 5.41) is 10.9. The summed E-state index contributed by atoms with van der Waals surface area (Å²) in [6, 6.07) is 10.2. The molecule has 1 aliphatic rings. The van der Waals surface area contributed by atoms with Crippen molar-refractivity contribution in [1.82, 2.24) is 15.6 Å². The van der Waals surface area contributed by atoms with Gasteiger partial charge in [-0.25, -0.2) is 10.5 Å². The minimum absolute atomic E-state index is 0.0760. The number of aromatic nitrogens is 2. The normalized spacial score (nSPS) is 12.9. The Labute approximate surface area is 158 Å². The number of hydrogen-bond acceptors (Lipinski definition) is 7. The summed E-state index contributed by atoms with van der Waals surface area (Å²) in [5.74, 6) is 1.05. The van der Waals surface area contributed by atoms with Crippen LogP contribution in [0.25, 0.3) is 10.8 Å². The monoisotopic (exact) mass is 380 g/mol. The van der Waals surface area contributed by atoms with Crippen LogP contribution >= 0.6 is 0 Å². The number of carbonyl (C=O) groups is 1. The van der Waals surface area contributed by atoms with Crippen LogP contribution in [0, 0.1) is 0 Å². The molecule has 2 N–H and O–H groups in total. The fourth-order valence-corrected chi connectivity index (χ4v) is 2.87. The number of methoxy groups -OCH3 is 1. The van der Waals surface area contributed by atoms with Crippen molar-refractivity contribution in [3.63, 3.8) is 0 Å². The molecule has 28 heavy (non-hydrogen) atoms. The van der Waals surface area contributed by atoms with Crippen LogP contribution in [0.5, 0.6) is 17.2 Å². The lowest BCUT2D eigenvalue weighted by Crippen LogP contribution is -2.22. The van der Waals surface area contributed by atoms with Gasteiger partial charge in [-0.15, -0.1) is 0 Å². The first-order valence-corrected chi connectivity index (χ1v) is 8.46. The number of benzene rings is 2. The Morgan fingerprint density at radius 3 is 2.86 bits per heavy atom. The summed E-state index contributed by atoms with van der Waals surface area (Å²) in [4.78, 5) is 24.3. The van der Waals surface area contributed by atoms with Gasteiger partial charge in [-0.1, -0.05) is 18.2 Å². The van der Waals surface area contributed by atoms with E-state index in [0.717, 1.165) is 0 Å². The van der Waals surface area contributed by atoms with Gasteiger partial charge in [0.2, 0.25) is 5.75 Å². The molecule has 0 bridgehead atoms. The summed E-state index contributed by atoms with van der Waals surface area (Å²) in [6.07, 6.45) is 1.45. The van der Waals surface area contributed by atoms with E-state index in [1.165, 1.54) is 13.3 Å². The van der Waals surface area contributed by atoms with Crippen molar-refractivity contribution in [3.05, 3.63) is 58.0 Å². The Hall–Kier alpha value is -3.88. The van der Waals surface area contributed by atoms with Crippen LogP contribution in [0.3, 0.4) is 0 Å². The molecule has 1 aromatic heterocycles. The van der Waals surface area contributed by atoms with E-state index in [0.29, 0.717) is 46.8 Å². The first-order chi connectivity index (χ1) is 13.7. The number of nitrogens with one attached hydrogen (secondary N) is 2. The zero-order valence-corrected chi connectivity index (χ0v) is 14.9. The maximum atomic E-state index is 12.4. The Morgan fingerprint density at radius 2 is 2.04 bits per heavy atom. The maximum Gasteiger partial charge on any atom is 0.292 e. The molecule has 0 atom stereocenters. The molecular formula is C19H16N4O5. The molecule has 142 valence electrons. The van der Waals surface area contributed by atoms with E-state index in [9.17, 15) is 9.59 Å². The van der Waals surface area contributed by atoms with Crippen LogP contribution < -0.4 is 25.2 Å². The number of ether oxygens (including phenoxy) is 3. The van der Waals surface area contributed by atoms with Crippen molar-refractivity contribution in [1.29, 1.82) is 0 Å². The second kappa shape index (κ2) is 7.39. The molecule has 2 heterocycles. The smallest absolute Gasteiger partial charge is 0.292 e. The number of hydrogen-bond donors (Lipinski definition) is 2. The molecule has 1 amide bonds. The van der Waals surface area contributed by atoms with Crippen molar-refractivity contribution in [2.45, 2.75) is 0 Å². The molecule has 3 aromatic rings. The van der Waals surface area contributed by atoms with Gasteiger partial charge in [-0.05, 0) is 18.2 Å². The second-order valence-corrected chi connectivity index (χ2v) is 5.89. The summed E-state index contributed by atoms with van der Waals surface area (Å²) < 4.78 is 16.4. The third-order valence-corrected chi connectivity index (χ3v) is 4.14. The van der Waals surface area contributed by atoms with Gasteiger partial charge in [0.25, 0.3) is 11.5 Å². The minimum Gasteiger partial charge on any atom is -0.493 e. The largest absolute Gasteiger partial charge is 0.493 e. The summed E-state index contributed by atoms with van der Waals surface area (Å²) in [7, 11) is 1.53. The molecule has 0 spiro atoms. The highest BCUT2D eigenvalue weighted by atomic mass is 16.6. The first kappa shape index (κ1) is 17.5. The molecule has 0 aliphatic carbocycles. The van der Waals surface area contributed by atoms with Crippen LogP contribution in [-0.2, 0) is 0 Å². The predicted octanol–water partition coefficient (Wildman–Crippen LogP) is 1.47. The lowest BCUT2D eigenvalue weighted by Gasteiger charge is -2.20. The molecule has 9 heteroatoms. The highest BCUT2D eigenvalue weighted by molar-refractivity contribution is 6.04. The number of aromatic amines is 1. The van der Waals surface area contributed by atoms with Crippen LogP contribution in [0.1, 0.15) is 16.1 Å². The number of H-pyrrole nitrogens is 1. The molecule has 2 aromatic carbocycles. The van der Waals surface area contributed by atoms with Crippen LogP contribution in [0.2, 0.25) is 0 Å². The average Bonchev–Trinajstić information content (AvgIpc) is 2.73. The first-order valence-electron chi connectivity index (χ1n) is 8.46. The van der Waals surface area contributed by atoms with Gasteiger partial charge in [-0.3, -0.25) is 9.59 Å². The fourth-order valence-electron chi connectivity index (χ4n) is 2.87. The quantitative estimate of drug-likeness (QED) is 0.523. The maximum absolute atomic E-state index is 12.4. The van der Waals surface area contributed by atoms with E-state index in [-0.39, 0.29) is 11.3 Å². The number of hydrazone groups is 1. The zero-order chi connectivity index (χ0) is 19.5. The lowest BCUT2D eigenvalue weighted by molar-refractivity contribution is 0.0951. The lowest BCUT2D eigenvalue weighted by atomic mass is 10.1. The molecule has 0 unspecified atom stereocenters. The van der Waals surface area contributed by atoms with E-state index < -0.39 is 5.91 Å². The average molecular weight is 380 g/mol. The van der Waals surface area contributed by atoms with Crippen molar-refractivity contribution >= 4 is 22.9 Å². The van der Waals surface area contributed by atoms with Gasteiger partial charge in [0.15, 0.2) is 17.2 Å². The Bertz CT molecular complexity index is 1120. The number of amides is 1. The molecule has 0 saturated carbocycles. The highest BCUT2D eigenvalue weighted by Gasteiger charge is 2.18. The second-order valence-electron chi connectivity index (χ2n) is 5.89. The van der Waals surface area contributed by atoms with E-state index in [2.05, 4.69) is 20.7 Å². The zero-order valence-electron chi connectivity index (χ0n) is 14.9. The molecule has 4 rings (SSSR count). The van der Waals surface area contributed by atoms with E-state index in [4.69, 9.17) is 14.2 Å². The van der Waals surface area contributed by atoms with Crippen LogP contribution in [0.15, 0.2) is 46.3 Å². The molecule has 1 aliphatic heterocycles. The molecule has 0 saturated heterocycles. The van der Waals surface area contributed by atoms with Crippen molar-refractivity contribution in [2.75, 3.05) is 20.3 Å². The van der Waals surface area contributed by atoms with Crippen molar-refractivity contribution < 1.29 is 19.0 Å². The van der Waals surface area contributed by atoms with Crippen molar-refractivity contribution in [2.24, 2.45) is 5.10 Å². The molecular weight excluding hydrogens is 364 g/mol. The molecule has 9 nitrogen and oxygen atoms in total. The summed E-state index contributed by atoms with van der Waals surface area (Å²) in [5.41, 5.74) is 2.78. The number of carbonyl (C=O) groups excluding carboxylic acids is 1. The standard InChI is InChI=1S/C19H16N4O5/c1-26-14-8-11(9-15-17(14)28-7-6-27-15)10-20-22-19(25)16-12-4-2-3-5-13(12)18(24)23-21-16/h2-5,8-10H,6-7H2,1H3,(H,22,25)(H,23,24)/b20-10-. The summed E-state index contributed by atoms with van der Waals surface area (Å²) >= 11 is 0. The van der Waals surface area contributed by atoms with Gasteiger partial charge >= 0.3 is 0 Å². The minimum atomic E-state index is -0.548. The van der Waals surface area contributed by atoms with Gasteiger partial charge in [0.05, 0.1) is 18.7 Å². The topological polar surface area (TPSA) is 115 Å². The van der Waals surface area contributed by atoms with Gasteiger partial charge < -0.3 is 14.2 Å². The van der Waals surface area contributed by atoms with E-state index >= 15 is 0 Å².